The van der Waals surface area contributed by atoms with Gasteiger partial charge in [-0.05, 0) is 37.1 Å². The molecule has 2 rings (SSSR count). The second-order valence-electron chi connectivity index (χ2n) is 5.44. The number of halogens is 2. The zero-order valence-corrected chi connectivity index (χ0v) is 13.1. The van der Waals surface area contributed by atoms with E-state index in [-0.39, 0.29) is 17.2 Å². The molecule has 0 aliphatic carbocycles. The molecule has 0 bridgehead atoms. The summed E-state index contributed by atoms with van der Waals surface area (Å²) in [6.45, 7) is 5.74. The van der Waals surface area contributed by atoms with Gasteiger partial charge in [0.15, 0.2) is 0 Å². The molecular formula is C15H23ClFN3O. The lowest BCUT2D eigenvalue weighted by Gasteiger charge is -2.36. The molecule has 118 valence electrons. The molecule has 0 spiro atoms. The number of nitrogens with zero attached hydrogens (tertiary/aromatic N) is 1. The molecular weight excluding hydrogens is 293 g/mol. The minimum Gasteiger partial charge on any atom is -0.374 e. The van der Waals surface area contributed by atoms with Crippen LogP contribution in [-0.4, -0.2) is 43.3 Å². The summed E-state index contributed by atoms with van der Waals surface area (Å²) in [5.41, 5.74) is 3.67. The fraction of sp³-hybridized carbons (Fsp3) is 0.600. The maximum Gasteiger partial charge on any atom is 0.142 e. The van der Waals surface area contributed by atoms with E-state index >= 15 is 0 Å². The molecule has 2 unspecified atom stereocenters. The number of benzene rings is 1. The van der Waals surface area contributed by atoms with E-state index < -0.39 is 5.82 Å². The Morgan fingerprint density at radius 3 is 3.05 bits per heavy atom. The normalized spacial score (nSPS) is 21.4. The Labute approximate surface area is 130 Å². The molecule has 1 aliphatic rings. The van der Waals surface area contributed by atoms with Gasteiger partial charge < -0.3 is 4.74 Å². The van der Waals surface area contributed by atoms with Gasteiger partial charge in [0.2, 0.25) is 0 Å². The van der Waals surface area contributed by atoms with E-state index in [0.29, 0.717) is 13.0 Å². The Bertz CT molecular complexity index is 459. The highest BCUT2D eigenvalue weighted by molar-refractivity contribution is 6.30. The quantitative estimate of drug-likeness (QED) is 0.622. The van der Waals surface area contributed by atoms with Crippen molar-refractivity contribution in [3.8, 4) is 0 Å². The Hall–Kier alpha value is -0.720. The maximum absolute atomic E-state index is 13.5. The molecule has 0 amide bonds. The van der Waals surface area contributed by atoms with Gasteiger partial charge in [-0.15, -0.1) is 0 Å². The van der Waals surface area contributed by atoms with Crippen molar-refractivity contribution in [1.29, 1.82) is 0 Å². The first kappa shape index (κ1) is 16.6. The summed E-state index contributed by atoms with van der Waals surface area (Å²) in [4.78, 5) is 2.38. The Kier molecular flexibility index (Phi) is 6.39. The molecule has 4 nitrogen and oxygen atoms in total. The highest BCUT2D eigenvalue weighted by Crippen LogP contribution is 2.18. The zero-order chi connectivity index (χ0) is 15.2. The zero-order valence-electron chi connectivity index (χ0n) is 12.3. The Morgan fingerprint density at radius 2 is 2.38 bits per heavy atom. The van der Waals surface area contributed by atoms with Crippen LogP contribution in [0.4, 0.5) is 4.39 Å². The molecule has 1 fully saturated rings. The fourth-order valence-electron chi connectivity index (χ4n) is 2.71. The summed E-state index contributed by atoms with van der Waals surface area (Å²) in [7, 11) is 0. The molecule has 1 heterocycles. The molecule has 1 aliphatic heterocycles. The Balaban J connectivity index is 1.99. The standard InChI is InChI=1S/C15H23ClFN3O/c1-2-5-20-6-7-21-15(10-20)14(19-18)9-11-3-4-12(16)13(17)8-11/h3-4,8,14-15,19H,2,5-7,9-10,18H2,1H3. The first-order chi connectivity index (χ1) is 10.1. The van der Waals surface area contributed by atoms with Gasteiger partial charge in [0.1, 0.15) is 5.82 Å². The molecule has 0 radical (unpaired) electrons. The van der Waals surface area contributed by atoms with Crippen molar-refractivity contribution < 1.29 is 9.13 Å². The minimum absolute atomic E-state index is 0.00837. The van der Waals surface area contributed by atoms with Gasteiger partial charge in [0, 0.05) is 13.1 Å². The number of nitrogens with one attached hydrogen (secondary N) is 1. The van der Waals surface area contributed by atoms with Crippen molar-refractivity contribution in [2.75, 3.05) is 26.2 Å². The first-order valence-electron chi connectivity index (χ1n) is 7.38. The summed E-state index contributed by atoms with van der Waals surface area (Å²) in [5, 5.41) is 0.138. The van der Waals surface area contributed by atoms with Crippen LogP contribution in [0, 0.1) is 5.82 Å². The molecule has 6 heteroatoms. The number of hydrazine groups is 1. The van der Waals surface area contributed by atoms with Crippen LogP contribution in [-0.2, 0) is 11.2 Å². The molecule has 3 N–H and O–H groups in total. The van der Waals surface area contributed by atoms with E-state index in [9.17, 15) is 4.39 Å². The Morgan fingerprint density at radius 1 is 1.57 bits per heavy atom. The lowest BCUT2D eigenvalue weighted by Crippen LogP contribution is -2.54. The van der Waals surface area contributed by atoms with E-state index in [1.165, 1.54) is 6.07 Å². The third-order valence-corrected chi connectivity index (χ3v) is 4.13. The van der Waals surface area contributed by atoms with Crippen LogP contribution in [0.2, 0.25) is 5.02 Å². The monoisotopic (exact) mass is 315 g/mol. The van der Waals surface area contributed by atoms with Crippen LogP contribution in [0.5, 0.6) is 0 Å². The number of morpholine rings is 1. The molecule has 21 heavy (non-hydrogen) atoms. The van der Waals surface area contributed by atoms with Gasteiger partial charge in [-0.2, -0.15) is 0 Å². The highest BCUT2D eigenvalue weighted by Gasteiger charge is 2.27. The van der Waals surface area contributed by atoms with Gasteiger partial charge in [-0.1, -0.05) is 24.6 Å². The van der Waals surface area contributed by atoms with Crippen molar-refractivity contribution in [3.63, 3.8) is 0 Å². The van der Waals surface area contributed by atoms with Crippen LogP contribution >= 0.6 is 11.6 Å². The number of hydrogen-bond donors (Lipinski definition) is 2. The molecule has 0 aromatic heterocycles. The van der Waals surface area contributed by atoms with Crippen LogP contribution in [0.3, 0.4) is 0 Å². The largest absolute Gasteiger partial charge is 0.374 e. The average molecular weight is 316 g/mol. The predicted molar refractivity (Wildman–Crippen MR) is 82.7 cm³/mol. The third kappa shape index (κ3) is 4.63. The van der Waals surface area contributed by atoms with E-state index in [0.717, 1.165) is 31.6 Å². The van der Waals surface area contributed by atoms with Crippen molar-refractivity contribution in [2.24, 2.45) is 5.84 Å². The molecule has 1 aromatic carbocycles. The van der Waals surface area contributed by atoms with Crippen LogP contribution in [0.25, 0.3) is 0 Å². The second kappa shape index (κ2) is 8.06. The SMILES string of the molecule is CCCN1CCOC(C(Cc2ccc(Cl)c(F)c2)NN)C1. The fourth-order valence-corrected chi connectivity index (χ4v) is 2.83. The van der Waals surface area contributed by atoms with Crippen LogP contribution in [0.1, 0.15) is 18.9 Å². The number of ether oxygens (including phenoxy) is 1. The van der Waals surface area contributed by atoms with Crippen molar-refractivity contribution >= 4 is 11.6 Å². The summed E-state index contributed by atoms with van der Waals surface area (Å²) in [5.74, 6) is 5.27. The predicted octanol–water partition coefficient (Wildman–Crippen LogP) is 1.96. The topological polar surface area (TPSA) is 50.5 Å². The first-order valence-corrected chi connectivity index (χ1v) is 7.75. The lowest BCUT2D eigenvalue weighted by atomic mass is 10.0. The van der Waals surface area contributed by atoms with Crippen LogP contribution in [0.15, 0.2) is 18.2 Å². The second-order valence-corrected chi connectivity index (χ2v) is 5.84. The molecule has 2 atom stereocenters. The molecule has 0 saturated carbocycles. The molecule has 1 saturated heterocycles. The van der Waals surface area contributed by atoms with E-state index in [4.69, 9.17) is 22.2 Å². The summed E-state index contributed by atoms with van der Waals surface area (Å²) in [6, 6.07) is 4.80. The summed E-state index contributed by atoms with van der Waals surface area (Å²) < 4.78 is 19.3. The van der Waals surface area contributed by atoms with Gasteiger partial charge >= 0.3 is 0 Å². The highest BCUT2D eigenvalue weighted by atomic mass is 35.5. The minimum atomic E-state index is -0.401. The van der Waals surface area contributed by atoms with E-state index in [2.05, 4.69) is 17.2 Å². The average Bonchev–Trinajstić information content (AvgIpc) is 2.49. The van der Waals surface area contributed by atoms with E-state index in [1.807, 2.05) is 6.07 Å². The number of hydrogen-bond acceptors (Lipinski definition) is 4. The third-order valence-electron chi connectivity index (χ3n) is 3.82. The lowest BCUT2D eigenvalue weighted by molar-refractivity contribution is -0.0462. The summed E-state index contributed by atoms with van der Waals surface area (Å²) in [6.07, 6.45) is 1.74. The van der Waals surface area contributed by atoms with Crippen molar-refractivity contribution in [3.05, 3.63) is 34.6 Å². The molecule has 1 aromatic rings. The van der Waals surface area contributed by atoms with Gasteiger partial charge in [0.05, 0.1) is 23.8 Å². The van der Waals surface area contributed by atoms with Gasteiger partial charge in [-0.3, -0.25) is 16.2 Å². The van der Waals surface area contributed by atoms with E-state index in [1.54, 1.807) is 6.07 Å². The van der Waals surface area contributed by atoms with Gasteiger partial charge in [0.25, 0.3) is 0 Å². The maximum atomic E-state index is 13.5. The number of nitrogens with two attached hydrogens (primary N) is 1. The van der Waals surface area contributed by atoms with Crippen molar-refractivity contribution in [2.45, 2.75) is 31.9 Å². The van der Waals surface area contributed by atoms with Gasteiger partial charge in [-0.25, -0.2) is 4.39 Å². The summed E-state index contributed by atoms with van der Waals surface area (Å²) >= 11 is 5.71. The van der Waals surface area contributed by atoms with Crippen molar-refractivity contribution in [1.82, 2.24) is 10.3 Å². The smallest absolute Gasteiger partial charge is 0.142 e. The van der Waals surface area contributed by atoms with Crippen LogP contribution < -0.4 is 11.3 Å². The number of rotatable bonds is 6.